The molecule has 4 nitrogen and oxygen atoms in total. The van der Waals surface area contributed by atoms with Crippen molar-refractivity contribution >= 4 is 27.6 Å². The van der Waals surface area contributed by atoms with Gasteiger partial charge in [-0.2, -0.15) is 5.26 Å². The number of nitriles is 1. The molecule has 0 fully saturated rings. The average Bonchev–Trinajstić information content (AvgIpc) is 2.19. The van der Waals surface area contributed by atoms with Crippen LogP contribution in [0.5, 0.6) is 0 Å². The molecule has 1 aromatic carbocycles. The Balaban J connectivity index is 3.38. The molecule has 0 aromatic heterocycles. The monoisotopic (exact) mass is 254 g/mol. The van der Waals surface area contributed by atoms with Crippen molar-refractivity contribution in [2.24, 2.45) is 0 Å². The van der Waals surface area contributed by atoms with Crippen LogP contribution in [0.3, 0.4) is 0 Å². The summed E-state index contributed by atoms with van der Waals surface area (Å²) in [6, 6.07) is 4.95. The number of nitrogen functional groups attached to an aromatic ring is 1. The maximum Gasteiger partial charge on any atom is 0.340 e. The summed E-state index contributed by atoms with van der Waals surface area (Å²) >= 11 is 3.17. The molecule has 14 heavy (non-hydrogen) atoms. The number of esters is 1. The van der Waals surface area contributed by atoms with E-state index >= 15 is 0 Å². The topological polar surface area (TPSA) is 76.1 Å². The Bertz CT molecular complexity index is 424. The zero-order valence-corrected chi connectivity index (χ0v) is 8.96. The summed E-state index contributed by atoms with van der Waals surface area (Å²) in [6.07, 6.45) is 0. The SMILES string of the molecule is COC(=O)c1cc(Br)cc(C#N)c1N. The third-order valence-corrected chi connectivity index (χ3v) is 2.13. The van der Waals surface area contributed by atoms with Crippen molar-refractivity contribution in [1.29, 1.82) is 5.26 Å². The second kappa shape index (κ2) is 4.11. The van der Waals surface area contributed by atoms with Gasteiger partial charge in [0.05, 0.1) is 23.9 Å². The number of carbonyl (C=O) groups is 1. The molecule has 0 amide bonds. The Hall–Kier alpha value is -1.54. The van der Waals surface area contributed by atoms with E-state index in [1.807, 2.05) is 6.07 Å². The number of hydrogen-bond acceptors (Lipinski definition) is 4. The van der Waals surface area contributed by atoms with Crippen LogP contribution >= 0.6 is 15.9 Å². The smallest absolute Gasteiger partial charge is 0.340 e. The van der Waals surface area contributed by atoms with Gasteiger partial charge >= 0.3 is 5.97 Å². The van der Waals surface area contributed by atoms with E-state index in [0.717, 1.165) is 0 Å². The van der Waals surface area contributed by atoms with E-state index in [1.165, 1.54) is 13.2 Å². The number of nitrogens with zero attached hydrogens (tertiary/aromatic N) is 1. The van der Waals surface area contributed by atoms with Crippen molar-refractivity contribution in [2.45, 2.75) is 0 Å². The lowest BCUT2D eigenvalue weighted by Gasteiger charge is -2.05. The summed E-state index contributed by atoms with van der Waals surface area (Å²) < 4.78 is 5.14. The van der Waals surface area contributed by atoms with Crippen LogP contribution in [-0.4, -0.2) is 13.1 Å². The van der Waals surface area contributed by atoms with Crippen LogP contribution in [0, 0.1) is 11.3 Å². The quantitative estimate of drug-likeness (QED) is 0.611. The fourth-order valence-corrected chi connectivity index (χ4v) is 1.45. The molecule has 2 N–H and O–H groups in total. The van der Waals surface area contributed by atoms with Gasteiger partial charge in [0.15, 0.2) is 0 Å². The molecule has 0 aliphatic carbocycles. The normalized spacial score (nSPS) is 9.21. The minimum absolute atomic E-state index is 0.141. The molecular formula is C9H7BrN2O2. The van der Waals surface area contributed by atoms with Gasteiger partial charge in [0, 0.05) is 4.47 Å². The number of benzene rings is 1. The summed E-state index contributed by atoms with van der Waals surface area (Å²) in [5, 5.41) is 8.72. The van der Waals surface area contributed by atoms with E-state index in [0.29, 0.717) is 4.47 Å². The number of nitrogens with two attached hydrogens (primary N) is 1. The first-order valence-corrected chi connectivity index (χ1v) is 4.47. The largest absolute Gasteiger partial charge is 0.465 e. The number of hydrogen-bond donors (Lipinski definition) is 1. The van der Waals surface area contributed by atoms with Crippen LogP contribution in [0.15, 0.2) is 16.6 Å². The number of methoxy groups -OCH3 is 1. The first kappa shape index (κ1) is 10.5. The number of anilines is 1. The van der Waals surface area contributed by atoms with Crippen LogP contribution in [0.25, 0.3) is 0 Å². The van der Waals surface area contributed by atoms with Crippen molar-refractivity contribution in [2.75, 3.05) is 12.8 Å². The lowest BCUT2D eigenvalue weighted by atomic mass is 10.1. The molecule has 0 atom stereocenters. The molecule has 0 aliphatic rings. The summed E-state index contributed by atoms with van der Waals surface area (Å²) in [7, 11) is 1.26. The molecule has 0 spiro atoms. The lowest BCUT2D eigenvalue weighted by Crippen LogP contribution is -2.07. The zero-order chi connectivity index (χ0) is 10.7. The maximum absolute atomic E-state index is 11.2. The molecule has 0 radical (unpaired) electrons. The van der Waals surface area contributed by atoms with Gasteiger partial charge < -0.3 is 10.5 Å². The van der Waals surface area contributed by atoms with Crippen molar-refractivity contribution in [1.82, 2.24) is 0 Å². The van der Waals surface area contributed by atoms with Crippen molar-refractivity contribution < 1.29 is 9.53 Å². The fraction of sp³-hybridized carbons (Fsp3) is 0.111. The lowest BCUT2D eigenvalue weighted by molar-refractivity contribution is 0.0602. The first-order valence-electron chi connectivity index (χ1n) is 3.67. The summed E-state index contributed by atoms with van der Waals surface area (Å²) in [5.41, 5.74) is 6.18. The summed E-state index contributed by atoms with van der Waals surface area (Å²) in [6.45, 7) is 0. The van der Waals surface area contributed by atoms with Gasteiger partial charge in [-0.25, -0.2) is 4.79 Å². The molecule has 0 bridgehead atoms. The Kier molecular flexibility index (Phi) is 3.10. The number of halogens is 1. The first-order chi connectivity index (χ1) is 6.60. The Morgan fingerprint density at radius 2 is 2.29 bits per heavy atom. The molecule has 0 unspecified atom stereocenters. The van der Waals surface area contributed by atoms with Gasteiger partial charge in [-0.15, -0.1) is 0 Å². The molecule has 1 aromatic rings. The highest BCUT2D eigenvalue weighted by molar-refractivity contribution is 9.10. The molecule has 1 rings (SSSR count). The van der Waals surface area contributed by atoms with E-state index in [9.17, 15) is 4.79 Å². The third kappa shape index (κ3) is 1.86. The molecule has 0 saturated carbocycles. The fourth-order valence-electron chi connectivity index (χ4n) is 0.989. The van der Waals surface area contributed by atoms with Crippen LogP contribution in [0.1, 0.15) is 15.9 Å². The van der Waals surface area contributed by atoms with E-state index in [4.69, 9.17) is 11.0 Å². The van der Waals surface area contributed by atoms with Gasteiger partial charge in [0.2, 0.25) is 0 Å². The minimum atomic E-state index is -0.555. The second-order valence-electron chi connectivity index (χ2n) is 2.52. The van der Waals surface area contributed by atoms with Gasteiger partial charge in [0.1, 0.15) is 6.07 Å². The third-order valence-electron chi connectivity index (χ3n) is 1.67. The number of rotatable bonds is 1. The van der Waals surface area contributed by atoms with E-state index in [1.54, 1.807) is 6.07 Å². The maximum atomic E-state index is 11.2. The Labute approximate surface area is 89.4 Å². The highest BCUT2D eigenvalue weighted by Crippen LogP contribution is 2.23. The zero-order valence-electron chi connectivity index (χ0n) is 7.37. The highest BCUT2D eigenvalue weighted by atomic mass is 79.9. The summed E-state index contributed by atoms with van der Waals surface area (Å²) in [4.78, 5) is 11.2. The van der Waals surface area contributed by atoms with Crippen molar-refractivity contribution in [3.8, 4) is 6.07 Å². The van der Waals surface area contributed by atoms with E-state index in [2.05, 4.69) is 20.7 Å². The predicted octanol–water partition coefficient (Wildman–Crippen LogP) is 1.69. The minimum Gasteiger partial charge on any atom is -0.465 e. The molecule has 0 aliphatic heterocycles. The summed E-state index contributed by atoms with van der Waals surface area (Å²) in [5.74, 6) is -0.555. The van der Waals surface area contributed by atoms with Gasteiger partial charge in [-0.05, 0) is 12.1 Å². The molecule has 0 saturated heterocycles. The van der Waals surface area contributed by atoms with Crippen LogP contribution in [0.4, 0.5) is 5.69 Å². The standard InChI is InChI=1S/C9H7BrN2O2/c1-14-9(13)7-3-6(10)2-5(4-11)8(7)12/h2-3H,12H2,1H3. The number of carbonyl (C=O) groups excluding carboxylic acids is 1. The van der Waals surface area contributed by atoms with Gasteiger partial charge in [0.25, 0.3) is 0 Å². The van der Waals surface area contributed by atoms with Crippen molar-refractivity contribution in [3.05, 3.63) is 27.7 Å². The van der Waals surface area contributed by atoms with Gasteiger partial charge in [-0.1, -0.05) is 15.9 Å². The van der Waals surface area contributed by atoms with Crippen LogP contribution in [-0.2, 0) is 4.74 Å². The predicted molar refractivity (Wildman–Crippen MR) is 54.6 cm³/mol. The van der Waals surface area contributed by atoms with Crippen LogP contribution < -0.4 is 5.73 Å². The van der Waals surface area contributed by atoms with Gasteiger partial charge in [-0.3, -0.25) is 0 Å². The number of ether oxygens (including phenoxy) is 1. The molecular weight excluding hydrogens is 248 g/mol. The Morgan fingerprint density at radius 1 is 1.64 bits per heavy atom. The van der Waals surface area contributed by atoms with E-state index < -0.39 is 5.97 Å². The molecule has 0 heterocycles. The van der Waals surface area contributed by atoms with Crippen LogP contribution in [0.2, 0.25) is 0 Å². The highest BCUT2D eigenvalue weighted by Gasteiger charge is 2.14. The Morgan fingerprint density at radius 3 is 2.79 bits per heavy atom. The molecule has 5 heteroatoms. The molecule has 72 valence electrons. The second-order valence-corrected chi connectivity index (χ2v) is 3.43. The van der Waals surface area contributed by atoms with E-state index in [-0.39, 0.29) is 16.8 Å². The average molecular weight is 255 g/mol. The van der Waals surface area contributed by atoms with Crippen molar-refractivity contribution in [3.63, 3.8) is 0 Å².